The van der Waals surface area contributed by atoms with E-state index in [4.69, 9.17) is 24.8 Å². The molecule has 0 amide bonds. The van der Waals surface area contributed by atoms with Gasteiger partial charge in [0.15, 0.2) is 6.10 Å². The Morgan fingerprint density at radius 2 is 0.839 bits per heavy atom. The van der Waals surface area contributed by atoms with Crippen LogP contribution in [0.2, 0.25) is 0 Å². The monoisotopic (exact) mass is 898 g/mol. The Labute approximate surface area is 378 Å². The van der Waals surface area contributed by atoms with Crippen molar-refractivity contribution in [2.24, 2.45) is 5.73 Å². The maximum atomic E-state index is 12.7. The van der Waals surface area contributed by atoms with Crippen molar-refractivity contribution >= 4 is 25.7 Å². The quantitative estimate of drug-likeness (QED) is 0.0230. The van der Waals surface area contributed by atoms with Crippen molar-refractivity contribution in [3.63, 3.8) is 0 Å². The van der Waals surface area contributed by atoms with Gasteiger partial charge in [0.05, 0.1) is 13.2 Å². The molecule has 4 N–H and O–H groups in total. The van der Waals surface area contributed by atoms with Crippen molar-refractivity contribution in [2.45, 2.75) is 244 Å². The van der Waals surface area contributed by atoms with Gasteiger partial charge in [-0.2, -0.15) is 0 Å². The number of phosphoric ester groups is 1. The summed E-state index contributed by atoms with van der Waals surface area (Å²) >= 11 is 0. The molecule has 0 fully saturated rings. The Kier molecular flexibility index (Phi) is 43.6. The molecule has 0 bridgehead atoms. The molecule has 0 aromatic heterocycles. The molecule has 0 aromatic carbocycles. The molecule has 0 aliphatic heterocycles. The molecule has 62 heavy (non-hydrogen) atoms. The lowest BCUT2D eigenvalue weighted by Crippen LogP contribution is -2.34. The molecule has 1 unspecified atom stereocenters. The van der Waals surface area contributed by atoms with E-state index in [1.165, 1.54) is 141 Å². The summed E-state index contributed by atoms with van der Waals surface area (Å²) in [6.45, 7) is 2.78. The van der Waals surface area contributed by atoms with Gasteiger partial charge in [0.2, 0.25) is 0 Å². The van der Waals surface area contributed by atoms with Gasteiger partial charge < -0.3 is 25.2 Å². The molecule has 0 saturated carbocycles. The molecule has 0 heterocycles. The molecule has 11 nitrogen and oxygen atoms in total. The van der Waals surface area contributed by atoms with Crippen LogP contribution in [0.4, 0.5) is 0 Å². The van der Waals surface area contributed by atoms with Gasteiger partial charge in [0.25, 0.3) is 0 Å². The molecule has 0 spiro atoms. The van der Waals surface area contributed by atoms with Crippen LogP contribution in [-0.2, 0) is 37.5 Å². The summed E-state index contributed by atoms with van der Waals surface area (Å²) in [5.41, 5.74) is 5.34. The van der Waals surface area contributed by atoms with Crippen molar-refractivity contribution in [3.05, 3.63) is 36.5 Å². The Hall–Kier alpha value is -2.30. The van der Waals surface area contributed by atoms with Crippen LogP contribution in [0.3, 0.4) is 0 Å². The Balaban J connectivity index is 4.31. The number of ether oxygens (including phenoxy) is 2. The number of carboxylic acids is 1. The van der Waals surface area contributed by atoms with E-state index in [2.05, 4.69) is 48.8 Å². The van der Waals surface area contributed by atoms with Crippen molar-refractivity contribution in [3.8, 4) is 0 Å². The Morgan fingerprint density at radius 3 is 1.27 bits per heavy atom. The third-order valence-corrected chi connectivity index (χ3v) is 11.8. The van der Waals surface area contributed by atoms with E-state index >= 15 is 0 Å². The number of hydrogen-bond donors (Lipinski definition) is 3. The number of esters is 2. The number of carbonyl (C=O) groups is 3. The Bertz CT molecular complexity index is 1190. The predicted molar refractivity (Wildman–Crippen MR) is 254 cm³/mol. The van der Waals surface area contributed by atoms with E-state index in [0.29, 0.717) is 19.3 Å². The number of carbonyl (C=O) groups excluding carboxylic acids is 2. The van der Waals surface area contributed by atoms with Crippen LogP contribution in [0.1, 0.15) is 232 Å². The second-order valence-electron chi connectivity index (χ2n) is 16.9. The summed E-state index contributed by atoms with van der Waals surface area (Å²) in [7, 11) is -4.73. The number of hydrogen-bond acceptors (Lipinski definition) is 9. The topological polar surface area (TPSA) is 172 Å². The van der Waals surface area contributed by atoms with Crippen molar-refractivity contribution < 1.29 is 47.5 Å². The smallest absolute Gasteiger partial charge is 0.472 e. The molecule has 0 aliphatic carbocycles. The molecule has 3 atom stereocenters. The van der Waals surface area contributed by atoms with Crippen molar-refractivity contribution in [2.75, 3.05) is 19.8 Å². The second-order valence-corrected chi connectivity index (χ2v) is 18.4. The van der Waals surface area contributed by atoms with Gasteiger partial charge in [0.1, 0.15) is 12.6 Å². The zero-order valence-electron chi connectivity index (χ0n) is 39.5. The fraction of sp³-hybridized carbons (Fsp3) is 0.820. The highest BCUT2D eigenvalue weighted by atomic mass is 31.2. The third kappa shape index (κ3) is 44.3. The van der Waals surface area contributed by atoms with Gasteiger partial charge in [-0.1, -0.05) is 185 Å². The normalized spacial score (nSPS) is 13.9. The maximum absolute atomic E-state index is 12.7. The lowest BCUT2D eigenvalue weighted by molar-refractivity contribution is -0.161. The van der Waals surface area contributed by atoms with Crippen LogP contribution in [-0.4, -0.2) is 59.9 Å². The van der Waals surface area contributed by atoms with E-state index in [9.17, 15) is 23.8 Å². The van der Waals surface area contributed by atoms with E-state index in [-0.39, 0.29) is 19.4 Å². The van der Waals surface area contributed by atoms with Gasteiger partial charge in [-0.05, 0) is 70.6 Å². The summed E-state index contributed by atoms with van der Waals surface area (Å²) in [6, 6.07) is -1.53. The summed E-state index contributed by atoms with van der Waals surface area (Å²) < 4.78 is 32.7. The minimum atomic E-state index is -4.73. The predicted octanol–water partition coefficient (Wildman–Crippen LogP) is 14.0. The number of allylic oxidation sites excluding steroid dienone is 6. The molecular weight excluding hydrogens is 806 g/mol. The van der Waals surface area contributed by atoms with Crippen LogP contribution in [0, 0.1) is 0 Å². The van der Waals surface area contributed by atoms with E-state index < -0.39 is 51.1 Å². The van der Waals surface area contributed by atoms with Gasteiger partial charge in [-0.3, -0.25) is 23.4 Å². The van der Waals surface area contributed by atoms with E-state index in [1.807, 2.05) is 6.08 Å². The van der Waals surface area contributed by atoms with Crippen molar-refractivity contribution in [1.82, 2.24) is 0 Å². The molecule has 0 aromatic rings. The highest BCUT2D eigenvalue weighted by molar-refractivity contribution is 7.47. The van der Waals surface area contributed by atoms with Crippen LogP contribution in [0.25, 0.3) is 0 Å². The molecule has 0 aliphatic rings. The average molecular weight is 898 g/mol. The highest BCUT2D eigenvalue weighted by Gasteiger charge is 2.28. The van der Waals surface area contributed by atoms with Crippen LogP contribution < -0.4 is 5.73 Å². The molecule has 362 valence electrons. The highest BCUT2D eigenvalue weighted by Crippen LogP contribution is 2.43. The zero-order valence-corrected chi connectivity index (χ0v) is 40.4. The van der Waals surface area contributed by atoms with Gasteiger partial charge in [-0.25, -0.2) is 4.57 Å². The fourth-order valence-electron chi connectivity index (χ4n) is 6.90. The number of aliphatic carboxylic acids is 1. The standard InChI is InChI=1S/C50H92NO10P/c1-3-5-7-9-11-13-15-17-19-20-21-22-23-24-25-26-28-30-32-34-36-38-40-42-49(53)61-46(44-59-62(56,57)60-45-47(51)50(54)55)43-58-48(52)41-39-37-35-33-31-29-27-18-16-14-12-10-8-6-4-2/h26,28-29,31,34,36,46-47H,3-25,27,30,32-33,35,37-45,51H2,1-2H3,(H,54,55)(H,56,57)/b28-26+,31-29+,36-34+/t46-,47-/m0/s1. The molecule has 12 heteroatoms. The van der Waals surface area contributed by atoms with Gasteiger partial charge in [0, 0.05) is 12.8 Å². The first-order valence-electron chi connectivity index (χ1n) is 25.0. The number of carboxylic acid groups (broad SMARTS) is 1. The Morgan fingerprint density at radius 1 is 0.484 bits per heavy atom. The summed E-state index contributed by atoms with van der Waals surface area (Å²) in [4.78, 5) is 46.1. The summed E-state index contributed by atoms with van der Waals surface area (Å²) in [5.74, 6) is -2.44. The number of unbranched alkanes of at least 4 members (excludes halogenated alkanes) is 27. The SMILES string of the molecule is CCCCCCCCCC/C=C/CCCCCC(=O)OC[C@@H](COP(=O)(O)OC[C@H](N)C(=O)O)OC(=O)CCC/C=C/CC/C=C/CCCCCCCCCCCCCCCC. The second kappa shape index (κ2) is 45.3. The fourth-order valence-corrected chi connectivity index (χ4v) is 7.68. The lowest BCUT2D eigenvalue weighted by atomic mass is 10.0. The first kappa shape index (κ1) is 59.7. The largest absolute Gasteiger partial charge is 0.480 e. The van der Waals surface area contributed by atoms with Gasteiger partial charge in [-0.15, -0.1) is 0 Å². The number of nitrogens with two attached hydrogens (primary N) is 1. The summed E-state index contributed by atoms with van der Waals surface area (Å²) in [5, 5.41) is 8.91. The zero-order chi connectivity index (χ0) is 45.6. The number of rotatable bonds is 47. The molecule has 0 radical (unpaired) electrons. The summed E-state index contributed by atoms with van der Waals surface area (Å²) in [6.07, 6.45) is 50.9. The lowest BCUT2D eigenvalue weighted by Gasteiger charge is -2.20. The maximum Gasteiger partial charge on any atom is 0.472 e. The van der Waals surface area contributed by atoms with E-state index in [0.717, 1.165) is 44.9 Å². The minimum Gasteiger partial charge on any atom is -0.480 e. The molecular formula is C50H92NO10P. The molecule has 0 saturated heterocycles. The average Bonchev–Trinajstić information content (AvgIpc) is 3.25. The third-order valence-electron chi connectivity index (χ3n) is 10.8. The number of phosphoric acid groups is 1. The van der Waals surface area contributed by atoms with Crippen molar-refractivity contribution in [1.29, 1.82) is 0 Å². The first-order chi connectivity index (χ1) is 30.1. The van der Waals surface area contributed by atoms with Crippen LogP contribution in [0.5, 0.6) is 0 Å². The minimum absolute atomic E-state index is 0.0994. The van der Waals surface area contributed by atoms with Crippen LogP contribution in [0.15, 0.2) is 36.5 Å². The van der Waals surface area contributed by atoms with Crippen LogP contribution >= 0.6 is 7.82 Å². The molecule has 0 rings (SSSR count). The van der Waals surface area contributed by atoms with Gasteiger partial charge >= 0.3 is 25.7 Å². The van der Waals surface area contributed by atoms with E-state index in [1.54, 1.807) is 0 Å². The first-order valence-corrected chi connectivity index (χ1v) is 26.5.